The van der Waals surface area contributed by atoms with E-state index in [1.807, 2.05) is 0 Å². The van der Waals surface area contributed by atoms with E-state index in [1.165, 1.54) is 10.9 Å². The lowest BCUT2D eigenvalue weighted by Gasteiger charge is -2.15. The summed E-state index contributed by atoms with van der Waals surface area (Å²) in [5, 5.41) is 14.7. The van der Waals surface area contributed by atoms with Gasteiger partial charge in [-0.25, -0.2) is 0 Å². The van der Waals surface area contributed by atoms with Crippen molar-refractivity contribution >= 4 is 5.69 Å². The summed E-state index contributed by atoms with van der Waals surface area (Å²) in [5.41, 5.74) is -0.158. The highest BCUT2D eigenvalue weighted by Gasteiger charge is 2.33. The van der Waals surface area contributed by atoms with Crippen LogP contribution in [0.25, 0.3) is 0 Å². The van der Waals surface area contributed by atoms with Crippen LogP contribution in [0, 0.1) is 10.1 Å². The summed E-state index contributed by atoms with van der Waals surface area (Å²) in [4.78, 5) is 10.2. The Labute approximate surface area is 97.2 Å². The number of hydrogen-bond donors (Lipinski definition) is 0. The minimum Gasteiger partial charge on any atom is -0.463 e. The van der Waals surface area contributed by atoms with Crippen LogP contribution in [-0.4, -0.2) is 47.2 Å². The van der Waals surface area contributed by atoms with Crippen LogP contribution in [0.2, 0.25) is 0 Å². The molecule has 94 valence electrons. The summed E-state index contributed by atoms with van der Waals surface area (Å²) >= 11 is 0. The lowest BCUT2D eigenvalue weighted by molar-refractivity contribution is -0.386. The van der Waals surface area contributed by atoms with Gasteiger partial charge in [0.05, 0.1) is 18.1 Å². The SMILES string of the molecule is CO[C@H]1COCC1Oc1nn(C)cc1[N+](=O)[O-]. The van der Waals surface area contributed by atoms with Gasteiger partial charge in [0.25, 0.3) is 0 Å². The maximum atomic E-state index is 10.8. The monoisotopic (exact) mass is 243 g/mol. The summed E-state index contributed by atoms with van der Waals surface area (Å²) in [5.74, 6) is -0.00458. The molecule has 0 amide bonds. The molecule has 0 spiro atoms. The first kappa shape index (κ1) is 11.8. The third-order valence-electron chi connectivity index (χ3n) is 2.52. The van der Waals surface area contributed by atoms with Crippen LogP contribution < -0.4 is 4.74 Å². The van der Waals surface area contributed by atoms with Gasteiger partial charge in [-0.15, -0.1) is 5.10 Å². The van der Waals surface area contributed by atoms with Crippen molar-refractivity contribution in [3.63, 3.8) is 0 Å². The second-order valence-corrected chi connectivity index (χ2v) is 3.72. The van der Waals surface area contributed by atoms with E-state index in [4.69, 9.17) is 14.2 Å². The molecule has 2 rings (SSSR count). The number of rotatable bonds is 4. The van der Waals surface area contributed by atoms with Crippen LogP contribution in [0.5, 0.6) is 5.88 Å². The molecular weight excluding hydrogens is 230 g/mol. The van der Waals surface area contributed by atoms with Gasteiger partial charge in [0.1, 0.15) is 12.3 Å². The molecule has 0 N–H and O–H groups in total. The first-order valence-electron chi connectivity index (χ1n) is 5.07. The van der Waals surface area contributed by atoms with E-state index in [9.17, 15) is 10.1 Å². The van der Waals surface area contributed by atoms with Gasteiger partial charge < -0.3 is 14.2 Å². The molecule has 1 aromatic heterocycles. The van der Waals surface area contributed by atoms with Crippen LogP contribution >= 0.6 is 0 Å². The van der Waals surface area contributed by atoms with Crippen LogP contribution in [0.15, 0.2) is 6.20 Å². The van der Waals surface area contributed by atoms with E-state index in [0.717, 1.165) is 0 Å². The van der Waals surface area contributed by atoms with Crippen LogP contribution in [0.4, 0.5) is 5.69 Å². The molecule has 0 radical (unpaired) electrons. The van der Waals surface area contributed by atoms with E-state index in [1.54, 1.807) is 14.2 Å². The van der Waals surface area contributed by atoms with Crippen molar-refractivity contribution < 1.29 is 19.1 Å². The summed E-state index contributed by atoms with van der Waals surface area (Å²) < 4.78 is 17.1. The molecule has 1 aromatic rings. The number of aromatic nitrogens is 2. The Balaban J connectivity index is 2.15. The molecule has 2 atom stereocenters. The average Bonchev–Trinajstić information content (AvgIpc) is 2.85. The van der Waals surface area contributed by atoms with Gasteiger partial charge in [-0.3, -0.25) is 14.8 Å². The lowest BCUT2D eigenvalue weighted by Crippen LogP contribution is -2.31. The smallest absolute Gasteiger partial charge is 0.350 e. The van der Waals surface area contributed by atoms with Crippen molar-refractivity contribution in [3.8, 4) is 5.88 Å². The van der Waals surface area contributed by atoms with Crippen LogP contribution in [0.3, 0.4) is 0 Å². The first-order chi connectivity index (χ1) is 8.11. The molecule has 1 aliphatic rings. The third kappa shape index (κ3) is 2.37. The normalized spacial score (nSPS) is 23.9. The van der Waals surface area contributed by atoms with Gasteiger partial charge in [0.15, 0.2) is 6.10 Å². The summed E-state index contributed by atoms with van der Waals surface area (Å²) in [7, 11) is 3.14. The van der Waals surface area contributed by atoms with Crippen molar-refractivity contribution in [3.05, 3.63) is 16.3 Å². The number of nitro groups is 1. The molecule has 8 heteroatoms. The van der Waals surface area contributed by atoms with Gasteiger partial charge in [-0.05, 0) is 0 Å². The van der Waals surface area contributed by atoms with Crippen molar-refractivity contribution in [2.75, 3.05) is 20.3 Å². The first-order valence-corrected chi connectivity index (χ1v) is 5.07. The number of nitrogens with zero attached hydrogens (tertiary/aromatic N) is 3. The fourth-order valence-corrected chi connectivity index (χ4v) is 1.65. The molecule has 0 aromatic carbocycles. The Morgan fingerprint density at radius 1 is 1.59 bits per heavy atom. The number of aryl methyl sites for hydroxylation is 1. The van der Waals surface area contributed by atoms with Crippen LogP contribution in [0.1, 0.15) is 0 Å². The Hall–Kier alpha value is -1.67. The topological polar surface area (TPSA) is 88.7 Å². The highest BCUT2D eigenvalue weighted by atomic mass is 16.6. The molecule has 1 unspecified atom stereocenters. The molecule has 1 fully saturated rings. The number of ether oxygens (including phenoxy) is 3. The molecule has 0 bridgehead atoms. The van der Waals surface area contributed by atoms with E-state index in [-0.39, 0.29) is 23.8 Å². The fourth-order valence-electron chi connectivity index (χ4n) is 1.65. The lowest BCUT2D eigenvalue weighted by atomic mass is 10.2. The van der Waals surface area contributed by atoms with Gasteiger partial charge in [0.2, 0.25) is 0 Å². The second kappa shape index (κ2) is 4.68. The van der Waals surface area contributed by atoms with Gasteiger partial charge in [0, 0.05) is 14.2 Å². The summed E-state index contributed by atoms with van der Waals surface area (Å²) in [6.07, 6.45) is 0.706. The van der Waals surface area contributed by atoms with E-state index < -0.39 is 4.92 Å². The maximum absolute atomic E-state index is 10.8. The molecule has 0 aliphatic carbocycles. The minimum absolute atomic E-state index is 0.00458. The highest BCUT2D eigenvalue weighted by Crippen LogP contribution is 2.27. The van der Waals surface area contributed by atoms with Gasteiger partial charge in [-0.1, -0.05) is 0 Å². The molecule has 1 aliphatic heterocycles. The summed E-state index contributed by atoms with van der Waals surface area (Å²) in [6.45, 7) is 0.758. The Bertz CT molecular complexity index is 419. The van der Waals surface area contributed by atoms with E-state index in [0.29, 0.717) is 13.2 Å². The second-order valence-electron chi connectivity index (χ2n) is 3.72. The fraction of sp³-hybridized carbons (Fsp3) is 0.667. The van der Waals surface area contributed by atoms with Gasteiger partial charge >= 0.3 is 11.6 Å². The van der Waals surface area contributed by atoms with E-state index in [2.05, 4.69) is 5.10 Å². The Morgan fingerprint density at radius 3 is 2.94 bits per heavy atom. The molecular formula is C9H13N3O5. The summed E-state index contributed by atoms with van der Waals surface area (Å²) in [6, 6.07) is 0. The average molecular weight is 243 g/mol. The molecule has 8 nitrogen and oxygen atoms in total. The largest absolute Gasteiger partial charge is 0.463 e. The number of hydrogen-bond acceptors (Lipinski definition) is 6. The number of methoxy groups -OCH3 is 1. The van der Waals surface area contributed by atoms with Crippen molar-refractivity contribution in [1.29, 1.82) is 0 Å². The highest BCUT2D eigenvalue weighted by molar-refractivity contribution is 5.38. The standard InChI is InChI=1S/C9H13N3O5/c1-11-3-6(12(13)14)9(10-11)17-8-5-16-4-7(8)15-2/h3,7-8H,4-5H2,1-2H3/t7-,8?/m0/s1. The predicted molar refractivity (Wildman–Crippen MR) is 55.9 cm³/mol. The predicted octanol–water partition coefficient (Wildman–Crippen LogP) is 0.121. The zero-order chi connectivity index (χ0) is 12.4. The molecule has 1 saturated heterocycles. The van der Waals surface area contributed by atoms with Crippen molar-refractivity contribution in [1.82, 2.24) is 9.78 Å². The molecule has 2 heterocycles. The van der Waals surface area contributed by atoms with Crippen molar-refractivity contribution in [2.24, 2.45) is 7.05 Å². The quantitative estimate of drug-likeness (QED) is 0.551. The van der Waals surface area contributed by atoms with Crippen molar-refractivity contribution in [2.45, 2.75) is 12.2 Å². The third-order valence-corrected chi connectivity index (χ3v) is 2.52. The molecule has 17 heavy (non-hydrogen) atoms. The van der Waals surface area contributed by atoms with Crippen LogP contribution in [-0.2, 0) is 16.5 Å². The molecule has 0 saturated carbocycles. The van der Waals surface area contributed by atoms with Gasteiger partial charge in [-0.2, -0.15) is 0 Å². The maximum Gasteiger partial charge on any atom is 0.350 e. The van der Waals surface area contributed by atoms with E-state index >= 15 is 0 Å². The minimum atomic E-state index is -0.528. The Kier molecular flexibility index (Phi) is 3.25. The Morgan fingerprint density at radius 2 is 2.29 bits per heavy atom. The zero-order valence-corrected chi connectivity index (χ0v) is 9.53. The zero-order valence-electron chi connectivity index (χ0n) is 9.53.